The van der Waals surface area contributed by atoms with Gasteiger partial charge in [-0.1, -0.05) is 18.2 Å². The Morgan fingerprint density at radius 3 is 2.33 bits per heavy atom. The first kappa shape index (κ1) is 25.0. The minimum atomic E-state index is -0.771. The van der Waals surface area contributed by atoms with E-state index in [1.54, 1.807) is 40.2 Å². The van der Waals surface area contributed by atoms with Crippen LogP contribution in [0.1, 0.15) is 48.3 Å². The van der Waals surface area contributed by atoms with Crippen molar-refractivity contribution in [3.05, 3.63) is 85.7 Å². The number of carbonyl (C=O) groups is 2. The first-order valence-corrected chi connectivity index (χ1v) is 11.5. The van der Waals surface area contributed by atoms with Crippen molar-refractivity contribution < 1.29 is 28.7 Å². The molecular weight excluding hydrogens is 464 g/mol. The number of esters is 1. The molecule has 0 spiro atoms. The fourth-order valence-corrected chi connectivity index (χ4v) is 5.10. The normalized spacial score (nSPS) is 19.4. The highest BCUT2D eigenvalue weighted by Gasteiger charge is 2.41. The monoisotopic (exact) mass is 492 g/mol. The molecule has 0 radical (unpaired) electrons. The van der Waals surface area contributed by atoms with Gasteiger partial charge in [0.05, 0.1) is 31.8 Å². The minimum absolute atomic E-state index is 0.0680. The SMILES string of the molecule is COC(=O)C1=C(C)NC2=C(C(=O)CC(c3ccc(OC)c(OC)c3)C2)C1c1ccc(C)c([N+](=O)[O-])c1. The van der Waals surface area contributed by atoms with Crippen LogP contribution in [0.2, 0.25) is 0 Å². The van der Waals surface area contributed by atoms with Crippen molar-refractivity contribution >= 4 is 17.4 Å². The zero-order valence-electron chi connectivity index (χ0n) is 20.8. The zero-order chi connectivity index (χ0) is 26.1. The number of hydrogen-bond donors (Lipinski definition) is 1. The van der Waals surface area contributed by atoms with Gasteiger partial charge in [-0.2, -0.15) is 0 Å². The molecule has 1 N–H and O–H groups in total. The number of benzene rings is 2. The lowest BCUT2D eigenvalue weighted by atomic mass is 9.71. The van der Waals surface area contributed by atoms with Crippen LogP contribution in [0.25, 0.3) is 0 Å². The van der Waals surface area contributed by atoms with Crippen LogP contribution in [-0.4, -0.2) is 38.0 Å². The fraction of sp³-hybridized carbons (Fsp3) is 0.333. The first-order valence-electron chi connectivity index (χ1n) is 11.5. The Morgan fingerprint density at radius 1 is 1.00 bits per heavy atom. The van der Waals surface area contributed by atoms with E-state index < -0.39 is 16.8 Å². The van der Waals surface area contributed by atoms with Gasteiger partial charge in [-0.25, -0.2) is 4.79 Å². The van der Waals surface area contributed by atoms with Gasteiger partial charge in [-0.3, -0.25) is 14.9 Å². The summed E-state index contributed by atoms with van der Waals surface area (Å²) in [7, 11) is 4.40. The number of methoxy groups -OCH3 is 3. The summed E-state index contributed by atoms with van der Waals surface area (Å²) in [5.41, 5.74) is 3.82. The fourth-order valence-electron chi connectivity index (χ4n) is 5.10. The van der Waals surface area contributed by atoms with Crippen LogP contribution in [0.15, 0.2) is 58.9 Å². The van der Waals surface area contributed by atoms with Crippen LogP contribution in [-0.2, 0) is 14.3 Å². The van der Waals surface area contributed by atoms with Gasteiger partial charge in [0.15, 0.2) is 17.3 Å². The van der Waals surface area contributed by atoms with Crippen molar-refractivity contribution in [2.75, 3.05) is 21.3 Å². The Hall–Kier alpha value is -4.14. The van der Waals surface area contributed by atoms with Crippen LogP contribution < -0.4 is 14.8 Å². The number of nitrogens with one attached hydrogen (secondary N) is 1. The molecule has 36 heavy (non-hydrogen) atoms. The van der Waals surface area contributed by atoms with E-state index >= 15 is 0 Å². The quantitative estimate of drug-likeness (QED) is 0.357. The summed E-state index contributed by atoms with van der Waals surface area (Å²) in [6.45, 7) is 3.40. The summed E-state index contributed by atoms with van der Waals surface area (Å²) in [5.74, 6) is -0.439. The molecule has 2 aromatic rings. The molecule has 1 heterocycles. The third-order valence-electron chi connectivity index (χ3n) is 6.88. The first-order chi connectivity index (χ1) is 17.2. The van der Waals surface area contributed by atoms with Crippen molar-refractivity contribution in [2.45, 2.75) is 38.5 Å². The van der Waals surface area contributed by atoms with E-state index in [9.17, 15) is 19.7 Å². The van der Waals surface area contributed by atoms with Gasteiger partial charge in [-0.05, 0) is 49.4 Å². The maximum atomic E-state index is 13.7. The second-order valence-corrected chi connectivity index (χ2v) is 8.93. The number of aryl methyl sites for hydroxylation is 1. The van der Waals surface area contributed by atoms with Crippen LogP contribution in [0, 0.1) is 17.0 Å². The Morgan fingerprint density at radius 2 is 1.69 bits per heavy atom. The van der Waals surface area contributed by atoms with Gasteiger partial charge in [0.1, 0.15) is 0 Å². The number of nitrogens with zero attached hydrogens (tertiary/aromatic N) is 1. The Balaban J connectivity index is 1.82. The Bertz CT molecular complexity index is 1330. The van der Waals surface area contributed by atoms with E-state index in [0.29, 0.717) is 46.0 Å². The van der Waals surface area contributed by atoms with Gasteiger partial charge in [0, 0.05) is 40.9 Å². The number of rotatable bonds is 6. The van der Waals surface area contributed by atoms with Crippen LogP contribution in [0.3, 0.4) is 0 Å². The Kier molecular flexibility index (Phi) is 6.83. The molecule has 0 amide bonds. The number of carbonyl (C=O) groups excluding carboxylic acids is 2. The minimum Gasteiger partial charge on any atom is -0.493 e. The van der Waals surface area contributed by atoms with Gasteiger partial charge >= 0.3 is 5.97 Å². The number of ketones is 1. The molecular formula is C27H28N2O7. The van der Waals surface area contributed by atoms with Gasteiger partial charge < -0.3 is 19.5 Å². The highest BCUT2D eigenvalue weighted by atomic mass is 16.6. The average molecular weight is 493 g/mol. The van der Waals surface area contributed by atoms with E-state index in [1.165, 1.54) is 13.2 Å². The molecule has 1 aliphatic heterocycles. The number of Topliss-reactive ketones (excluding diaryl/α,β-unsaturated/α-hetero) is 1. The molecule has 1 aliphatic carbocycles. The maximum absolute atomic E-state index is 13.7. The molecule has 2 aliphatic rings. The van der Waals surface area contributed by atoms with Crippen LogP contribution in [0.5, 0.6) is 11.5 Å². The molecule has 2 atom stereocenters. The van der Waals surface area contributed by atoms with E-state index in [0.717, 1.165) is 5.56 Å². The zero-order valence-corrected chi connectivity index (χ0v) is 20.8. The number of hydrogen-bond acceptors (Lipinski definition) is 8. The topological polar surface area (TPSA) is 117 Å². The van der Waals surface area contributed by atoms with Gasteiger partial charge in [-0.15, -0.1) is 0 Å². The van der Waals surface area contributed by atoms with E-state index in [2.05, 4.69) is 5.32 Å². The predicted octanol–water partition coefficient (Wildman–Crippen LogP) is 4.46. The molecule has 2 unspecified atom stereocenters. The molecule has 4 rings (SSSR count). The maximum Gasteiger partial charge on any atom is 0.336 e. The number of nitro groups is 1. The van der Waals surface area contributed by atoms with Crippen molar-refractivity contribution in [2.24, 2.45) is 0 Å². The van der Waals surface area contributed by atoms with Crippen LogP contribution in [0.4, 0.5) is 5.69 Å². The van der Waals surface area contributed by atoms with Crippen molar-refractivity contribution in [3.8, 4) is 11.5 Å². The number of ether oxygens (including phenoxy) is 3. The largest absolute Gasteiger partial charge is 0.493 e. The van der Waals surface area contributed by atoms with Gasteiger partial charge in [0.25, 0.3) is 5.69 Å². The lowest BCUT2D eigenvalue weighted by Gasteiger charge is -2.36. The van der Waals surface area contributed by atoms with Crippen LogP contribution >= 0.6 is 0 Å². The van der Waals surface area contributed by atoms with E-state index in [-0.39, 0.29) is 29.4 Å². The van der Waals surface area contributed by atoms with Crippen molar-refractivity contribution in [1.82, 2.24) is 5.32 Å². The van der Waals surface area contributed by atoms with Crippen molar-refractivity contribution in [3.63, 3.8) is 0 Å². The molecule has 188 valence electrons. The summed E-state index contributed by atoms with van der Waals surface area (Å²) in [5, 5.41) is 14.9. The summed E-state index contributed by atoms with van der Waals surface area (Å²) < 4.78 is 15.8. The molecule has 0 saturated carbocycles. The molecule has 0 fully saturated rings. The summed E-state index contributed by atoms with van der Waals surface area (Å²) in [6, 6.07) is 10.4. The van der Waals surface area contributed by atoms with Gasteiger partial charge in [0.2, 0.25) is 0 Å². The molecule has 9 heteroatoms. The lowest BCUT2D eigenvalue weighted by Crippen LogP contribution is -2.36. The standard InChI is InChI=1S/C27H28N2O7/c1-14-6-7-17(11-20(14)29(32)33)25-24(27(31)36-5)15(2)28-19-10-18(12-21(30)26(19)25)16-8-9-22(34-3)23(13-16)35-4/h6-9,11,13,18,25,28H,10,12H2,1-5H3. The molecule has 9 nitrogen and oxygen atoms in total. The smallest absolute Gasteiger partial charge is 0.336 e. The lowest BCUT2D eigenvalue weighted by molar-refractivity contribution is -0.385. The molecule has 2 aromatic carbocycles. The third-order valence-corrected chi connectivity index (χ3v) is 6.88. The average Bonchev–Trinajstić information content (AvgIpc) is 2.87. The number of nitro benzene ring substituents is 1. The second kappa shape index (κ2) is 9.85. The predicted molar refractivity (Wildman–Crippen MR) is 132 cm³/mol. The summed E-state index contributed by atoms with van der Waals surface area (Å²) in [4.78, 5) is 37.7. The summed E-state index contributed by atoms with van der Waals surface area (Å²) in [6.07, 6.45) is 0.737. The summed E-state index contributed by atoms with van der Waals surface area (Å²) >= 11 is 0. The number of dihydropyridines is 1. The molecule has 0 bridgehead atoms. The molecule has 0 aromatic heterocycles. The number of allylic oxidation sites excluding steroid dienone is 3. The second-order valence-electron chi connectivity index (χ2n) is 8.93. The van der Waals surface area contributed by atoms with Crippen molar-refractivity contribution in [1.29, 1.82) is 0 Å². The van der Waals surface area contributed by atoms with E-state index in [1.807, 2.05) is 18.2 Å². The highest BCUT2D eigenvalue weighted by Crippen LogP contribution is 2.47. The molecule has 0 saturated heterocycles. The Labute approximate surface area is 208 Å². The van der Waals surface area contributed by atoms with E-state index in [4.69, 9.17) is 14.2 Å². The highest BCUT2D eigenvalue weighted by molar-refractivity contribution is 6.04. The third kappa shape index (κ3) is 4.32.